The molecule has 0 heterocycles. The Morgan fingerprint density at radius 3 is 2.75 bits per heavy atom. The summed E-state index contributed by atoms with van der Waals surface area (Å²) in [6.07, 6.45) is 0. The Morgan fingerprint density at radius 2 is 2.19 bits per heavy atom. The molecular weight excluding hydrogens is 250 g/mol. The van der Waals surface area contributed by atoms with E-state index in [4.69, 9.17) is 22.0 Å². The third-order valence-corrected chi connectivity index (χ3v) is 2.81. The van der Waals surface area contributed by atoms with Gasteiger partial charge in [-0.2, -0.15) is 5.26 Å². The van der Waals surface area contributed by atoms with Gasteiger partial charge in [-0.25, -0.2) is 13.6 Å². The second-order valence-corrected chi connectivity index (χ2v) is 5.27. The molecule has 0 aliphatic carbocycles. The van der Waals surface area contributed by atoms with Crippen molar-refractivity contribution < 1.29 is 8.42 Å². The Morgan fingerprint density at radius 1 is 1.50 bits per heavy atom. The average Bonchev–Trinajstić information content (AvgIpc) is 2.18. The fraction of sp³-hybridized carbons (Fsp3) is 0.222. The van der Waals surface area contributed by atoms with Gasteiger partial charge in [-0.15, -0.1) is 0 Å². The molecule has 0 fully saturated rings. The molecule has 0 spiro atoms. The predicted molar refractivity (Wildman–Crippen MR) is 62.6 cm³/mol. The molecule has 0 aromatic heterocycles. The molecule has 0 unspecified atom stereocenters. The second-order valence-electron chi connectivity index (χ2n) is 3.10. The van der Waals surface area contributed by atoms with Crippen molar-refractivity contribution in [1.82, 2.24) is 0 Å². The van der Waals surface area contributed by atoms with Crippen LogP contribution in [0.25, 0.3) is 0 Å². The van der Waals surface area contributed by atoms with Crippen LogP contribution in [-0.2, 0) is 10.0 Å². The van der Waals surface area contributed by atoms with Gasteiger partial charge in [0.25, 0.3) is 0 Å². The van der Waals surface area contributed by atoms with E-state index in [1.807, 2.05) is 6.07 Å². The number of nitriles is 1. The van der Waals surface area contributed by atoms with Crippen molar-refractivity contribution in [3.63, 3.8) is 0 Å². The van der Waals surface area contributed by atoms with Crippen LogP contribution in [-0.4, -0.2) is 20.7 Å². The molecule has 0 saturated carbocycles. The van der Waals surface area contributed by atoms with E-state index in [0.29, 0.717) is 16.3 Å². The first-order valence-corrected chi connectivity index (χ1v) is 6.46. The smallest absolute Gasteiger partial charge is 0.210 e. The standard InChI is InChI=1S/C9H10ClN3O2S/c10-8-1-2-9(7(5-8)6-11)13-3-4-16(12,14)15/h1-2,5,13H,3-4H2,(H2,12,14,15). The first-order valence-electron chi connectivity index (χ1n) is 4.36. The quantitative estimate of drug-likeness (QED) is 0.840. The van der Waals surface area contributed by atoms with Crippen molar-refractivity contribution in [2.75, 3.05) is 17.6 Å². The lowest BCUT2D eigenvalue weighted by molar-refractivity contribution is 0.598. The Bertz CT molecular complexity index is 522. The van der Waals surface area contributed by atoms with Crippen LogP contribution in [0, 0.1) is 11.3 Å². The van der Waals surface area contributed by atoms with E-state index in [0.717, 1.165) is 0 Å². The van der Waals surface area contributed by atoms with Gasteiger partial charge in [-0.1, -0.05) is 11.6 Å². The lowest BCUT2D eigenvalue weighted by Crippen LogP contribution is -2.22. The van der Waals surface area contributed by atoms with Crippen molar-refractivity contribution in [1.29, 1.82) is 5.26 Å². The highest BCUT2D eigenvalue weighted by Crippen LogP contribution is 2.19. The minimum absolute atomic E-state index is 0.148. The molecule has 5 nitrogen and oxygen atoms in total. The molecule has 0 bridgehead atoms. The molecule has 86 valence electrons. The molecule has 0 aliphatic heterocycles. The summed E-state index contributed by atoms with van der Waals surface area (Å²) in [4.78, 5) is 0. The van der Waals surface area contributed by atoms with Crippen LogP contribution in [0.5, 0.6) is 0 Å². The molecule has 7 heteroatoms. The summed E-state index contributed by atoms with van der Waals surface area (Å²) in [6, 6.07) is 6.69. The lowest BCUT2D eigenvalue weighted by Gasteiger charge is -2.07. The fourth-order valence-electron chi connectivity index (χ4n) is 1.09. The molecule has 0 aliphatic rings. The summed E-state index contributed by atoms with van der Waals surface area (Å²) in [6.45, 7) is 0.148. The summed E-state index contributed by atoms with van der Waals surface area (Å²) in [5.74, 6) is -0.194. The van der Waals surface area contributed by atoms with E-state index in [1.54, 1.807) is 12.1 Å². The summed E-state index contributed by atoms with van der Waals surface area (Å²) in [5.41, 5.74) is 0.900. The number of primary sulfonamides is 1. The van der Waals surface area contributed by atoms with Gasteiger partial charge in [0.05, 0.1) is 17.0 Å². The van der Waals surface area contributed by atoms with Crippen molar-refractivity contribution >= 4 is 27.3 Å². The minimum atomic E-state index is -3.49. The number of anilines is 1. The van der Waals surface area contributed by atoms with E-state index in [9.17, 15) is 8.42 Å². The minimum Gasteiger partial charge on any atom is -0.383 e. The summed E-state index contributed by atoms with van der Waals surface area (Å²) in [7, 11) is -3.49. The van der Waals surface area contributed by atoms with Crippen LogP contribution in [0.4, 0.5) is 5.69 Å². The molecule has 16 heavy (non-hydrogen) atoms. The molecule has 1 rings (SSSR count). The Kier molecular flexibility index (Phi) is 4.12. The van der Waals surface area contributed by atoms with Crippen LogP contribution in [0.15, 0.2) is 18.2 Å². The molecule has 1 aromatic carbocycles. The maximum absolute atomic E-state index is 10.7. The number of nitrogens with zero attached hydrogens (tertiary/aromatic N) is 1. The monoisotopic (exact) mass is 259 g/mol. The molecule has 0 saturated heterocycles. The number of benzene rings is 1. The summed E-state index contributed by atoms with van der Waals surface area (Å²) >= 11 is 5.71. The van der Waals surface area contributed by atoms with E-state index in [1.165, 1.54) is 6.07 Å². The fourth-order valence-corrected chi connectivity index (χ4v) is 1.65. The zero-order chi connectivity index (χ0) is 12.2. The highest BCUT2D eigenvalue weighted by Gasteiger charge is 2.05. The number of sulfonamides is 1. The van der Waals surface area contributed by atoms with Gasteiger partial charge in [-0.3, -0.25) is 0 Å². The summed E-state index contributed by atoms with van der Waals surface area (Å²) in [5, 5.41) is 16.9. The Balaban J connectivity index is 2.72. The van der Waals surface area contributed by atoms with Crippen LogP contribution in [0.1, 0.15) is 5.56 Å². The average molecular weight is 260 g/mol. The predicted octanol–water partition coefficient (Wildman–Crippen LogP) is 0.912. The SMILES string of the molecule is N#Cc1cc(Cl)ccc1NCCS(N)(=O)=O. The Labute approximate surface area is 98.9 Å². The van der Waals surface area contributed by atoms with Gasteiger partial charge in [0.1, 0.15) is 6.07 Å². The van der Waals surface area contributed by atoms with Gasteiger partial charge in [0.2, 0.25) is 10.0 Å². The van der Waals surface area contributed by atoms with E-state index >= 15 is 0 Å². The second kappa shape index (κ2) is 5.16. The van der Waals surface area contributed by atoms with Crippen molar-refractivity contribution in [3.8, 4) is 6.07 Å². The summed E-state index contributed by atoms with van der Waals surface area (Å²) < 4.78 is 21.4. The van der Waals surface area contributed by atoms with E-state index in [-0.39, 0.29) is 12.3 Å². The van der Waals surface area contributed by atoms with Crippen LogP contribution < -0.4 is 10.5 Å². The van der Waals surface area contributed by atoms with Gasteiger partial charge in [0, 0.05) is 11.6 Å². The van der Waals surface area contributed by atoms with E-state index < -0.39 is 10.0 Å². The van der Waals surface area contributed by atoms with Crippen LogP contribution >= 0.6 is 11.6 Å². The van der Waals surface area contributed by atoms with Gasteiger partial charge in [0.15, 0.2) is 0 Å². The highest BCUT2D eigenvalue weighted by molar-refractivity contribution is 7.89. The number of rotatable bonds is 4. The van der Waals surface area contributed by atoms with Crippen LogP contribution in [0.3, 0.4) is 0 Å². The van der Waals surface area contributed by atoms with Crippen molar-refractivity contribution in [2.24, 2.45) is 5.14 Å². The lowest BCUT2D eigenvalue weighted by atomic mass is 10.2. The Hall–Kier alpha value is -1.29. The molecular formula is C9H10ClN3O2S. The number of hydrogen-bond acceptors (Lipinski definition) is 4. The van der Waals surface area contributed by atoms with Crippen molar-refractivity contribution in [3.05, 3.63) is 28.8 Å². The zero-order valence-electron chi connectivity index (χ0n) is 8.27. The highest BCUT2D eigenvalue weighted by atomic mass is 35.5. The van der Waals surface area contributed by atoms with Gasteiger partial charge < -0.3 is 5.32 Å². The topological polar surface area (TPSA) is 96.0 Å². The first-order chi connectivity index (χ1) is 7.42. The van der Waals surface area contributed by atoms with Crippen LogP contribution in [0.2, 0.25) is 5.02 Å². The largest absolute Gasteiger partial charge is 0.383 e. The number of hydrogen-bond donors (Lipinski definition) is 2. The number of nitrogens with two attached hydrogens (primary N) is 1. The number of halogens is 1. The third-order valence-electron chi connectivity index (χ3n) is 1.80. The molecule has 0 amide bonds. The molecule has 3 N–H and O–H groups in total. The normalized spacial score (nSPS) is 10.8. The zero-order valence-corrected chi connectivity index (χ0v) is 9.85. The maximum atomic E-state index is 10.7. The molecule has 1 aromatic rings. The molecule has 0 atom stereocenters. The van der Waals surface area contributed by atoms with Gasteiger partial charge >= 0.3 is 0 Å². The molecule has 0 radical (unpaired) electrons. The maximum Gasteiger partial charge on any atom is 0.210 e. The van der Waals surface area contributed by atoms with Gasteiger partial charge in [-0.05, 0) is 18.2 Å². The van der Waals surface area contributed by atoms with E-state index in [2.05, 4.69) is 5.32 Å². The third kappa shape index (κ3) is 4.06. The number of nitrogens with one attached hydrogen (secondary N) is 1. The first kappa shape index (κ1) is 12.8. The van der Waals surface area contributed by atoms with Crippen molar-refractivity contribution in [2.45, 2.75) is 0 Å².